The molecule has 10 heteroatoms. The molecule has 0 fully saturated rings. The number of hydrogen-bond acceptors (Lipinski definition) is 4. The molecule has 1 N–H and O–H groups in total. The van der Waals surface area contributed by atoms with Gasteiger partial charge in [-0.25, -0.2) is 4.68 Å². The number of rotatable bonds is 8. The summed E-state index contributed by atoms with van der Waals surface area (Å²) in [6.07, 6.45) is -2.77. The van der Waals surface area contributed by atoms with Gasteiger partial charge in [0.25, 0.3) is 5.91 Å². The number of aryl methyl sites for hydroxylation is 1. The molecule has 37 heavy (non-hydrogen) atoms. The number of carbonyl (C=O) groups excluding carboxylic acids is 1. The molecule has 0 atom stereocenters. The molecule has 2 aromatic heterocycles. The van der Waals surface area contributed by atoms with Crippen LogP contribution in [0.15, 0.2) is 60.8 Å². The molecular weight excluding hydrogens is 483 g/mol. The number of nitrogens with one attached hydrogen (secondary N) is 1. The van der Waals surface area contributed by atoms with E-state index in [1.165, 1.54) is 16.3 Å². The maximum Gasteiger partial charge on any atom is 0.416 e. The van der Waals surface area contributed by atoms with Gasteiger partial charge in [0.15, 0.2) is 12.4 Å². The van der Waals surface area contributed by atoms with Crippen LogP contribution in [0.3, 0.4) is 0 Å². The first-order chi connectivity index (χ1) is 17.5. The van der Waals surface area contributed by atoms with Gasteiger partial charge >= 0.3 is 6.18 Å². The molecule has 4 aromatic rings. The third kappa shape index (κ3) is 6.19. The van der Waals surface area contributed by atoms with Crippen molar-refractivity contribution in [2.45, 2.75) is 53.1 Å². The zero-order valence-electron chi connectivity index (χ0n) is 21.0. The van der Waals surface area contributed by atoms with Gasteiger partial charge in [0.05, 0.1) is 29.2 Å². The molecule has 1 amide bonds. The number of ether oxygens (including phenoxy) is 1. The van der Waals surface area contributed by atoms with Crippen LogP contribution in [0.5, 0.6) is 5.75 Å². The van der Waals surface area contributed by atoms with E-state index < -0.39 is 17.6 Å². The van der Waals surface area contributed by atoms with Crippen molar-refractivity contribution in [3.8, 4) is 5.75 Å². The Kier molecular flexibility index (Phi) is 7.37. The van der Waals surface area contributed by atoms with Crippen molar-refractivity contribution in [1.82, 2.24) is 19.6 Å². The number of benzene rings is 2. The summed E-state index contributed by atoms with van der Waals surface area (Å²) in [7, 11) is 0. The highest BCUT2D eigenvalue weighted by atomic mass is 19.4. The van der Waals surface area contributed by atoms with Crippen LogP contribution in [0.2, 0.25) is 0 Å². The first kappa shape index (κ1) is 26.0. The molecule has 0 radical (unpaired) electrons. The highest BCUT2D eigenvalue weighted by Gasteiger charge is 2.30. The predicted molar refractivity (Wildman–Crippen MR) is 134 cm³/mol. The fourth-order valence-corrected chi connectivity index (χ4v) is 3.87. The van der Waals surface area contributed by atoms with E-state index in [1.54, 1.807) is 36.9 Å². The van der Waals surface area contributed by atoms with Crippen LogP contribution in [0.25, 0.3) is 0 Å². The largest absolute Gasteiger partial charge is 0.471 e. The van der Waals surface area contributed by atoms with Crippen LogP contribution in [0.1, 0.15) is 58.3 Å². The molecule has 2 aromatic carbocycles. The molecule has 194 valence electrons. The zero-order chi connectivity index (χ0) is 26.7. The van der Waals surface area contributed by atoms with Gasteiger partial charge in [0, 0.05) is 6.20 Å². The van der Waals surface area contributed by atoms with Crippen molar-refractivity contribution in [2.24, 2.45) is 0 Å². The van der Waals surface area contributed by atoms with Crippen LogP contribution in [0, 0.1) is 13.8 Å². The number of alkyl halides is 3. The quantitative estimate of drug-likeness (QED) is 0.307. The van der Waals surface area contributed by atoms with Crippen molar-refractivity contribution >= 4 is 11.6 Å². The summed E-state index contributed by atoms with van der Waals surface area (Å²) in [4.78, 5) is 12.8. The average Bonchev–Trinajstić information content (AvgIpc) is 3.43. The second kappa shape index (κ2) is 10.5. The maximum atomic E-state index is 13.1. The number of aromatic nitrogens is 4. The molecule has 0 aliphatic carbocycles. The Morgan fingerprint density at radius 3 is 2.46 bits per heavy atom. The van der Waals surface area contributed by atoms with E-state index in [-0.39, 0.29) is 19.0 Å². The Morgan fingerprint density at radius 1 is 1.05 bits per heavy atom. The van der Waals surface area contributed by atoms with Crippen molar-refractivity contribution in [3.63, 3.8) is 0 Å². The van der Waals surface area contributed by atoms with Gasteiger partial charge in [-0.3, -0.25) is 9.48 Å². The molecule has 0 bridgehead atoms. The van der Waals surface area contributed by atoms with Gasteiger partial charge in [-0.1, -0.05) is 38.1 Å². The number of anilines is 1. The smallest absolute Gasteiger partial charge is 0.416 e. The Balaban J connectivity index is 1.40. The minimum absolute atomic E-state index is 0.135. The van der Waals surface area contributed by atoms with E-state index in [0.29, 0.717) is 34.3 Å². The number of halogens is 3. The summed E-state index contributed by atoms with van der Waals surface area (Å²) in [5.41, 5.74) is 2.81. The maximum absolute atomic E-state index is 13.1. The number of carbonyl (C=O) groups is 1. The normalized spacial score (nSPS) is 11.7. The minimum atomic E-state index is -4.42. The minimum Gasteiger partial charge on any atom is -0.471 e. The van der Waals surface area contributed by atoms with Crippen LogP contribution < -0.4 is 10.1 Å². The second-order valence-electron chi connectivity index (χ2n) is 9.09. The topological polar surface area (TPSA) is 74.0 Å². The molecule has 0 aliphatic rings. The summed E-state index contributed by atoms with van der Waals surface area (Å²) in [6.45, 7) is 7.99. The highest BCUT2D eigenvalue weighted by Crippen LogP contribution is 2.30. The summed E-state index contributed by atoms with van der Waals surface area (Å²) in [5, 5.41) is 11.5. The van der Waals surface area contributed by atoms with Crippen LogP contribution >= 0.6 is 0 Å². The van der Waals surface area contributed by atoms with Gasteiger partial charge in [0.2, 0.25) is 0 Å². The number of amides is 1. The standard InChI is InChI=1S/C27H28F3N5O2/c1-17(2)21-8-10-23(11-9-21)37-16-34-13-12-24(33-34)26(36)31-25-18(3)32-35(19(25)4)15-20-6-5-7-22(14-20)27(28,29)30/h5-14,17H,15-16H2,1-4H3,(H,31,36). The van der Waals surface area contributed by atoms with Crippen molar-refractivity contribution in [1.29, 1.82) is 0 Å². The Labute approximate surface area is 212 Å². The molecule has 2 heterocycles. The first-order valence-corrected chi connectivity index (χ1v) is 11.8. The average molecular weight is 512 g/mol. The Morgan fingerprint density at radius 2 is 1.78 bits per heavy atom. The van der Waals surface area contributed by atoms with Crippen LogP contribution in [-0.2, 0) is 19.5 Å². The fourth-order valence-electron chi connectivity index (χ4n) is 3.87. The molecule has 0 aliphatic heterocycles. The highest BCUT2D eigenvalue weighted by molar-refractivity contribution is 6.03. The lowest BCUT2D eigenvalue weighted by Gasteiger charge is -2.10. The lowest BCUT2D eigenvalue weighted by Crippen LogP contribution is -2.15. The third-order valence-corrected chi connectivity index (χ3v) is 5.99. The summed E-state index contributed by atoms with van der Waals surface area (Å²) < 4.78 is 48.0. The molecular formula is C27H28F3N5O2. The lowest BCUT2D eigenvalue weighted by molar-refractivity contribution is -0.137. The van der Waals surface area contributed by atoms with Crippen molar-refractivity contribution in [3.05, 3.63) is 94.6 Å². The predicted octanol–water partition coefficient (Wildman–Crippen LogP) is 6.18. The molecule has 0 unspecified atom stereocenters. The monoisotopic (exact) mass is 511 g/mol. The van der Waals surface area contributed by atoms with E-state index in [9.17, 15) is 18.0 Å². The Hall–Kier alpha value is -4.08. The van der Waals surface area contributed by atoms with Gasteiger partial charge in [-0.05, 0) is 61.2 Å². The number of hydrogen-bond donors (Lipinski definition) is 1. The van der Waals surface area contributed by atoms with Gasteiger partial charge in [-0.15, -0.1) is 0 Å². The fraction of sp³-hybridized carbons (Fsp3) is 0.296. The van der Waals surface area contributed by atoms with Crippen molar-refractivity contribution < 1.29 is 22.7 Å². The Bertz CT molecular complexity index is 1390. The van der Waals surface area contributed by atoms with Crippen molar-refractivity contribution in [2.75, 3.05) is 5.32 Å². The lowest BCUT2D eigenvalue weighted by atomic mass is 10.0. The summed E-state index contributed by atoms with van der Waals surface area (Å²) in [6, 6.07) is 14.5. The summed E-state index contributed by atoms with van der Waals surface area (Å²) in [5.74, 6) is 0.705. The SMILES string of the molecule is Cc1nn(Cc2cccc(C(F)(F)F)c2)c(C)c1NC(=O)c1ccn(COc2ccc(C(C)C)cc2)n1. The zero-order valence-corrected chi connectivity index (χ0v) is 21.0. The third-order valence-electron chi connectivity index (χ3n) is 5.99. The van der Waals surface area contributed by atoms with E-state index in [1.807, 2.05) is 24.3 Å². The van der Waals surface area contributed by atoms with Crippen LogP contribution in [0.4, 0.5) is 18.9 Å². The molecule has 4 rings (SSSR count). The van der Waals surface area contributed by atoms with E-state index in [2.05, 4.69) is 29.4 Å². The first-order valence-electron chi connectivity index (χ1n) is 11.8. The van der Waals surface area contributed by atoms with Gasteiger partial charge in [0.1, 0.15) is 5.75 Å². The van der Waals surface area contributed by atoms with Gasteiger partial charge in [-0.2, -0.15) is 23.4 Å². The molecule has 0 saturated heterocycles. The second-order valence-corrected chi connectivity index (χ2v) is 9.09. The number of nitrogens with zero attached hydrogens (tertiary/aromatic N) is 4. The van der Waals surface area contributed by atoms with E-state index in [4.69, 9.17) is 4.74 Å². The summed E-state index contributed by atoms with van der Waals surface area (Å²) >= 11 is 0. The van der Waals surface area contributed by atoms with E-state index in [0.717, 1.165) is 12.1 Å². The van der Waals surface area contributed by atoms with Gasteiger partial charge < -0.3 is 10.1 Å². The van der Waals surface area contributed by atoms with E-state index >= 15 is 0 Å². The molecule has 7 nitrogen and oxygen atoms in total. The molecule has 0 saturated carbocycles. The molecule has 0 spiro atoms. The van der Waals surface area contributed by atoms with Crippen LogP contribution in [-0.4, -0.2) is 25.5 Å².